The number of hydrogen-bond acceptors (Lipinski definition) is 4. The molecular formula is C20H31KN3O3S. The average Bonchev–Trinajstić information content (AvgIpc) is 3.27. The molecule has 1 aromatic rings. The SMILES string of the molecule is CCN(CC)CCCS(=O)(=O)NC(=O)Nc1c2c(cc3c1CCC3)CCC2.[K]. The van der Waals surface area contributed by atoms with Gasteiger partial charge in [0.1, 0.15) is 0 Å². The molecule has 6 nitrogen and oxygen atoms in total. The van der Waals surface area contributed by atoms with E-state index in [-0.39, 0.29) is 57.1 Å². The zero-order valence-electron chi connectivity index (χ0n) is 17.4. The molecule has 28 heavy (non-hydrogen) atoms. The van der Waals surface area contributed by atoms with E-state index in [1.807, 2.05) is 0 Å². The van der Waals surface area contributed by atoms with Crippen molar-refractivity contribution in [2.45, 2.75) is 58.8 Å². The molecule has 2 N–H and O–H groups in total. The number of anilines is 1. The minimum Gasteiger partial charge on any atom is -0.307 e. The number of carbonyl (C=O) groups excluding carboxylic acids is 1. The van der Waals surface area contributed by atoms with E-state index >= 15 is 0 Å². The maximum absolute atomic E-state index is 12.4. The molecule has 0 saturated heterocycles. The van der Waals surface area contributed by atoms with E-state index in [4.69, 9.17) is 0 Å². The van der Waals surface area contributed by atoms with E-state index in [1.54, 1.807) is 0 Å². The van der Waals surface area contributed by atoms with Gasteiger partial charge in [-0.2, -0.15) is 0 Å². The van der Waals surface area contributed by atoms with Gasteiger partial charge >= 0.3 is 6.03 Å². The van der Waals surface area contributed by atoms with Crippen molar-refractivity contribution in [3.8, 4) is 0 Å². The van der Waals surface area contributed by atoms with E-state index in [9.17, 15) is 13.2 Å². The van der Waals surface area contributed by atoms with Crippen molar-refractivity contribution in [3.05, 3.63) is 28.3 Å². The van der Waals surface area contributed by atoms with Gasteiger partial charge in [-0.25, -0.2) is 17.9 Å². The first-order chi connectivity index (χ1) is 12.9. The Hall–Kier alpha value is 0.0364. The molecule has 2 aliphatic carbocycles. The molecule has 0 heterocycles. The van der Waals surface area contributed by atoms with Gasteiger partial charge in [-0.3, -0.25) is 0 Å². The average molecular weight is 433 g/mol. The molecule has 0 bridgehead atoms. The van der Waals surface area contributed by atoms with Crippen LogP contribution in [0.3, 0.4) is 0 Å². The molecule has 0 unspecified atom stereocenters. The van der Waals surface area contributed by atoms with Crippen LogP contribution >= 0.6 is 0 Å². The maximum atomic E-state index is 12.4. The Balaban J connectivity index is 0.00000280. The number of fused-ring (bicyclic) bond motifs is 2. The molecule has 0 spiro atoms. The second kappa shape index (κ2) is 10.9. The molecule has 8 heteroatoms. The van der Waals surface area contributed by atoms with Crippen molar-refractivity contribution in [2.24, 2.45) is 0 Å². The standard InChI is InChI=1S/C20H31N3O3S.K/c1-3-23(4-2)12-7-13-27(25,26)22-20(24)21-19-17-10-5-8-15(17)14-16-9-6-11-18(16)19;/h14H,3-13H2,1-2H3,(H2,21,22,24);. The first kappa shape index (κ1) is 24.3. The summed E-state index contributed by atoms with van der Waals surface area (Å²) in [7, 11) is -3.63. The zero-order valence-corrected chi connectivity index (χ0v) is 21.4. The third kappa shape index (κ3) is 6.03. The molecule has 0 saturated carbocycles. The van der Waals surface area contributed by atoms with Gasteiger partial charge in [0, 0.05) is 57.1 Å². The summed E-state index contributed by atoms with van der Waals surface area (Å²) in [5.74, 6) is -0.0398. The van der Waals surface area contributed by atoms with Gasteiger partial charge in [0.15, 0.2) is 0 Å². The Labute approximate surface area is 211 Å². The maximum Gasteiger partial charge on any atom is 0.332 e. The Bertz CT molecular complexity index is 775. The molecule has 2 aliphatic rings. The summed E-state index contributed by atoms with van der Waals surface area (Å²) in [4.78, 5) is 14.6. The summed E-state index contributed by atoms with van der Waals surface area (Å²) in [6.07, 6.45) is 6.70. The van der Waals surface area contributed by atoms with Crippen molar-refractivity contribution < 1.29 is 13.2 Å². The van der Waals surface area contributed by atoms with E-state index in [1.165, 1.54) is 22.3 Å². The molecule has 0 fully saturated rings. The number of amides is 2. The van der Waals surface area contributed by atoms with Gasteiger partial charge in [0.2, 0.25) is 10.0 Å². The van der Waals surface area contributed by atoms with Crippen molar-refractivity contribution in [1.29, 1.82) is 0 Å². The largest absolute Gasteiger partial charge is 0.332 e. The number of sulfonamides is 1. The number of carbonyl (C=O) groups is 1. The molecule has 0 atom stereocenters. The smallest absolute Gasteiger partial charge is 0.307 e. The molecule has 151 valence electrons. The monoisotopic (exact) mass is 432 g/mol. The third-order valence-electron chi connectivity index (χ3n) is 5.74. The van der Waals surface area contributed by atoms with Crippen molar-refractivity contribution in [1.82, 2.24) is 9.62 Å². The van der Waals surface area contributed by atoms with Gasteiger partial charge in [0.05, 0.1) is 5.75 Å². The Kier molecular flexibility index (Phi) is 9.45. The number of nitrogens with zero attached hydrogens (tertiary/aromatic N) is 1. The summed E-state index contributed by atoms with van der Waals surface area (Å²) in [5, 5.41) is 2.88. The van der Waals surface area contributed by atoms with E-state index in [0.29, 0.717) is 6.42 Å². The Morgan fingerprint density at radius 1 is 1.04 bits per heavy atom. The molecule has 2 amide bonds. The van der Waals surface area contributed by atoms with Crippen LogP contribution in [-0.4, -0.2) is 96.1 Å². The van der Waals surface area contributed by atoms with Crippen LogP contribution in [-0.2, 0) is 35.7 Å². The minimum atomic E-state index is -3.63. The number of benzene rings is 1. The first-order valence-electron chi connectivity index (χ1n) is 10.1. The summed E-state index contributed by atoms with van der Waals surface area (Å²) < 4.78 is 26.7. The Morgan fingerprint density at radius 3 is 2.14 bits per heavy atom. The predicted molar refractivity (Wildman–Crippen MR) is 115 cm³/mol. The third-order valence-corrected chi connectivity index (χ3v) is 7.06. The zero-order chi connectivity index (χ0) is 19.4. The molecule has 1 aromatic carbocycles. The van der Waals surface area contributed by atoms with Crippen LogP contribution in [0.5, 0.6) is 0 Å². The number of nitrogens with one attached hydrogen (secondary N) is 2. The molecule has 0 aromatic heterocycles. The predicted octanol–water partition coefficient (Wildman–Crippen LogP) is 2.47. The molecule has 1 radical (unpaired) electrons. The van der Waals surface area contributed by atoms with Gasteiger partial charge < -0.3 is 10.2 Å². The van der Waals surface area contributed by atoms with Crippen LogP contribution in [0.2, 0.25) is 0 Å². The first-order valence-corrected chi connectivity index (χ1v) is 11.8. The number of rotatable bonds is 8. The number of hydrogen-bond donors (Lipinski definition) is 2. The van der Waals surface area contributed by atoms with Crippen molar-refractivity contribution in [3.63, 3.8) is 0 Å². The second-order valence-electron chi connectivity index (χ2n) is 7.49. The van der Waals surface area contributed by atoms with Gasteiger partial charge in [-0.15, -0.1) is 0 Å². The fraction of sp³-hybridized carbons (Fsp3) is 0.650. The van der Waals surface area contributed by atoms with Crippen molar-refractivity contribution >= 4 is 73.1 Å². The van der Waals surface area contributed by atoms with E-state index < -0.39 is 16.1 Å². The van der Waals surface area contributed by atoms with Crippen LogP contribution in [0.25, 0.3) is 0 Å². The number of aryl methyl sites for hydroxylation is 2. The van der Waals surface area contributed by atoms with Gasteiger partial charge in [-0.1, -0.05) is 19.9 Å². The second-order valence-corrected chi connectivity index (χ2v) is 9.33. The van der Waals surface area contributed by atoms with Gasteiger partial charge in [0.25, 0.3) is 0 Å². The van der Waals surface area contributed by atoms with E-state index in [2.05, 4.69) is 34.9 Å². The fourth-order valence-corrected chi connectivity index (χ4v) is 5.26. The molecular weight excluding hydrogens is 401 g/mol. The van der Waals surface area contributed by atoms with Crippen LogP contribution in [0.4, 0.5) is 10.5 Å². The topological polar surface area (TPSA) is 78.5 Å². The normalized spacial score (nSPS) is 15.1. The summed E-state index contributed by atoms with van der Waals surface area (Å²) in [6, 6.07) is 1.66. The fourth-order valence-electron chi connectivity index (χ4n) is 4.32. The van der Waals surface area contributed by atoms with Gasteiger partial charge in [-0.05, 0) is 86.8 Å². The van der Waals surface area contributed by atoms with Crippen LogP contribution in [0, 0.1) is 0 Å². The summed E-state index contributed by atoms with van der Waals surface area (Å²) >= 11 is 0. The summed E-state index contributed by atoms with van der Waals surface area (Å²) in [6.45, 7) is 6.62. The Morgan fingerprint density at radius 2 is 1.61 bits per heavy atom. The number of urea groups is 1. The van der Waals surface area contributed by atoms with Crippen molar-refractivity contribution in [2.75, 3.05) is 30.7 Å². The molecule has 0 aliphatic heterocycles. The van der Waals surface area contributed by atoms with Crippen LogP contribution in [0.15, 0.2) is 6.07 Å². The quantitative estimate of drug-likeness (QED) is 0.619. The van der Waals surface area contributed by atoms with Crippen LogP contribution < -0.4 is 10.0 Å². The summed E-state index contributed by atoms with van der Waals surface area (Å²) in [5.41, 5.74) is 5.89. The minimum absolute atomic E-state index is 0. The van der Waals surface area contributed by atoms with Crippen LogP contribution in [0.1, 0.15) is 55.4 Å². The molecule has 3 rings (SSSR count). The van der Waals surface area contributed by atoms with E-state index in [0.717, 1.165) is 63.8 Å².